The molecule has 1 aromatic heterocycles. The molecule has 0 unspecified atom stereocenters. The number of halogens is 2. The van der Waals surface area contributed by atoms with E-state index in [1.54, 1.807) is 27.7 Å². The second kappa shape index (κ2) is 9.02. The zero-order chi connectivity index (χ0) is 21.8. The standard InChI is InChI=1S/C20H26F2N4O3/c1-6-25(19(28)29-20(3,4)5)13(2)10-23-18(27)14-11-24-26(12-14)17-8-7-15(21)9-16(17)22/h7-9,11-13H,6,10H2,1-5H3,(H,23,27)/t13-/m1/s1. The minimum absolute atomic E-state index is 0.0286. The number of hydrogen-bond donors (Lipinski definition) is 1. The molecule has 158 valence electrons. The molecule has 9 heteroatoms. The van der Waals surface area contributed by atoms with E-state index in [4.69, 9.17) is 4.74 Å². The summed E-state index contributed by atoms with van der Waals surface area (Å²) in [6.07, 6.45) is 2.18. The molecule has 0 fully saturated rings. The average Bonchev–Trinajstić information content (AvgIpc) is 3.08. The zero-order valence-corrected chi connectivity index (χ0v) is 17.2. The Morgan fingerprint density at radius 1 is 1.31 bits per heavy atom. The van der Waals surface area contributed by atoms with Gasteiger partial charge < -0.3 is 15.0 Å². The number of nitrogens with one attached hydrogen (secondary N) is 1. The largest absolute Gasteiger partial charge is 0.444 e. The number of carbonyl (C=O) groups is 2. The van der Waals surface area contributed by atoms with Gasteiger partial charge in [0.25, 0.3) is 5.91 Å². The Hall–Kier alpha value is -2.97. The fraction of sp³-hybridized carbons (Fsp3) is 0.450. The van der Waals surface area contributed by atoms with Crippen molar-refractivity contribution in [3.8, 4) is 5.69 Å². The first-order valence-corrected chi connectivity index (χ1v) is 9.29. The van der Waals surface area contributed by atoms with Gasteiger partial charge in [0.2, 0.25) is 0 Å². The predicted octanol–water partition coefficient (Wildman–Crippen LogP) is 3.53. The fourth-order valence-corrected chi connectivity index (χ4v) is 2.63. The first kappa shape index (κ1) is 22.3. The van der Waals surface area contributed by atoms with Crippen LogP contribution in [0.1, 0.15) is 45.0 Å². The number of nitrogens with zero attached hydrogens (tertiary/aromatic N) is 3. The summed E-state index contributed by atoms with van der Waals surface area (Å²) in [5, 5.41) is 6.68. The van der Waals surface area contributed by atoms with Gasteiger partial charge >= 0.3 is 6.09 Å². The van der Waals surface area contributed by atoms with E-state index < -0.39 is 29.2 Å². The summed E-state index contributed by atoms with van der Waals surface area (Å²) in [4.78, 5) is 26.2. The van der Waals surface area contributed by atoms with Crippen LogP contribution in [0.2, 0.25) is 0 Å². The van der Waals surface area contributed by atoms with Crippen LogP contribution < -0.4 is 5.32 Å². The van der Waals surface area contributed by atoms with Gasteiger partial charge in [0, 0.05) is 31.4 Å². The maximum absolute atomic E-state index is 13.9. The van der Waals surface area contributed by atoms with E-state index in [1.807, 2.05) is 6.92 Å². The molecular weight excluding hydrogens is 382 g/mol. The van der Waals surface area contributed by atoms with Crippen molar-refractivity contribution in [2.24, 2.45) is 0 Å². The number of benzene rings is 1. The molecule has 1 heterocycles. The first-order chi connectivity index (χ1) is 13.5. The van der Waals surface area contributed by atoms with E-state index in [9.17, 15) is 18.4 Å². The fourth-order valence-electron chi connectivity index (χ4n) is 2.63. The van der Waals surface area contributed by atoms with Crippen molar-refractivity contribution >= 4 is 12.0 Å². The van der Waals surface area contributed by atoms with Gasteiger partial charge in [-0.15, -0.1) is 0 Å². The van der Waals surface area contributed by atoms with Crippen LogP contribution in [0.4, 0.5) is 13.6 Å². The van der Waals surface area contributed by atoms with Gasteiger partial charge in [-0.1, -0.05) is 0 Å². The number of ether oxygens (including phenoxy) is 1. The molecule has 0 spiro atoms. The maximum atomic E-state index is 13.9. The second-order valence-electron chi connectivity index (χ2n) is 7.59. The molecule has 0 aliphatic heterocycles. The molecule has 1 aromatic carbocycles. The van der Waals surface area contributed by atoms with Crippen molar-refractivity contribution in [2.75, 3.05) is 13.1 Å². The lowest BCUT2D eigenvalue weighted by atomic mass is 10.2. The van der Waals surface area contributed by atoms with E-state index in [-0.39, 0.29) is 23.8 Å². The average molecular weight is 408 g/mol. The lowest BCUT2D eigenvalue weighted by molar-refractivity contribution is 0.0187. The number of aromatic nitrogens is 2. The van der Waals surface area contributed by atoms with Crippen LogP contribution >= 0.6 is 0 Å². The molecule has 2 aromatic rings. The van der Waals surface area contributed by atoms with E-state index in [0.29, 0.717) is 6.54 Å². The SMILES string of the molecule is CCN(C(=O)OC(C)(C)C)[C@H](C)CNC(=O)c1cnn(-c2ccc(F)cc2F)c1. The third kappa shape index (κ3) is 6.00. The summed E-state index contributed by atoms with van der Waals surface area (Å²) < 4.78 is 33.4. The highest BCUT2D eigenvalue weighted by molar-refractivity contribution is 5.93. The highest BCUT2D eigenvalue weighted by Crippen LogP contribution is 2.15. The molecule has 0 aliphatic rings. The molecule has 0 saturated carbocycles. The first-order valence-electron chi connectivity index (χ1n) is 9.29. The topological polar surface area (TPSA) is 76.5 Å². The van der Waals surface area contributed by atoms with Gasteiger partial charge in [-0.25, -0.2) is 18.3 Å². The minimum atomic E-state index is -0.787. The van der Waals surface area contributed by atoms with Crippen molar-refractivity contribution in [1.82, 2.24) is 20.0 Å². The van der Waals surface area contributed by atoms with Gasteiger partial charge in [0.1, 0.15) is 17.1 Å². The van der Waals surface area contributed by atoms with Crippen LogP contribution in [-0.4, -0.2) is 51.4 Å². The summed E-state index contributed by atoms with van der Waals surface area (Å²) >= 11 is 0. The summed E-state index contributed by atoms with van der Waals surface area (Å²) in [6.45, 7) is 9.59. The maximum Gasteiger partial charge on any atom is 0.410 e. The summed E-state index contributed by atoms with van der Waals surface area (Å²) in [7, 11) is 0. The van der Waals surface area contributed by atoms with Gasteiger partial charge in [-0.05, 0) is 46.8 Å². The van der Waals surface area contributed by atoms with Crippen molar-refractivity contribution in [3.05, 3.63) is 47.8 Å². The van der Waals surface area contributed by atoms with Crippen LogP contribution in [0.5, 0.6) is 0 Å². The Balaban J connectivity index is 2.00. The molecule has 1 N–H and O–H groups in total. The molecule has 29 heavy (non-hydrogen) atoms. The van der Waals surface area contributed by atoms with Gasteiger partial charge in [-0.3, -0.25) is 4.79 Å². The molecule has 1 atom stereocenters. The van der Waals surface area contributed by atoms with Crippen molar-refractivity contribution in [3.63, 3.8) is 0 Å². The Labute approximate surface area is 168 Å². The Morgan fingerprint density at radius 3 is 2.59 bits per heavy atom. The van der Waals surface area contributed by atoms with Crippen molar-refractivity contribution < 1.29 is 23.1 Å². The normalized spacial score (nSPS) is 12.4. The Morgan fingerprint density at radius 2 is 2.00 bits per heavy atom. The number of carbonyl (C=O) groups excluding carboxylic acids is 2. The number of hydrogen-bond acceptors (Lipinski definition) is 4. The van der Waals surface area contributed by atoms with Crippen molar-refractivity contribution in [1.29, 1.82) is 0 Å². The summed E-state index contributed by atoms with van der Waals surface area (Å²) in [5.41, 5.74) is -0.375. The lowest BCUT2D eigenvalue weighted by Gasteiger charge is -2.31. The molecule has 0 radical (unpaired) electrons. The lowest BCUT2D eigenvalue weighted by Crippen LogP contribution is -2.47. The molecule has 7 nitrogen and oxygen atoms in total. The Kier molecular flexibility index (Phi) is 6.94. The number of amides is 2. The van der Waals surface area contributed by atoms with Gasteiger partial charge in [0.05, 0.1) is 11.8 Å². The number of likely N-dealkylation sites (N-methyl/N-ethyl adjacent to an activating group) is 1. The van der Waals surface area contributed by atoms with E-state index in [0.717, 1.165) is 16.8 Å². The summed E-state index contributed by atoms with van der Waals surface area (Å²) in [5.74, 6) is -1.91. The molecule has 2 amide bonds. The molecule has 2 rings (SSSR count). The molecule has 0 aliphatic carbocycles. The van der Waals surface area contributed by atoms with E-state index in [1.165, 1.54) is 23.4 Å². The third-order valence-electron chi connectivity index (χ3n) is 4.06. The van der Waals surface area contributed by atoms with Crippen LogP contribution in [0, 0.1) is 11.6 Å². The van der Waals surface area contributed by atoms with Gasteiger partial charge in [0.15, 0.2) is 5.82 Å². The van der Waals surface area contributed by atoms with Crippen molar-refractivity contribution in [2.45, 2.75) is 46.3 Å². The predicted molar refractivity (Wildman–Crippen MR) is 104 cm³/mol. The van der Waals surface area contributed by atoms with E-state index >= 15 is 0 Å². The van der Waals surface area contributed by atoms with Crippen LogP contribution in [0.25, 0.3) is 5.69 Å². The van der Waals surface area contributed by atoms with Crippen LogP contribution in [0.15, 0.2) is 30.6 Å². The van der Waals surface area contributed by atoms with Gasteiger partial charge in [-0.2, -0.15) is 5.10 Å². The highest BCUT2D eigenvalue weighted by atomic mass is 19.1. The minimum Gasteiger partial charge on any atom is -0.444 e. The molecule has 0 bridgehead atoms. The zero-order valence-electron chi connectivity index (χ0n) is 17.2. The molecular formula is C20H26F2N4O3. The third-order valence-corrected chi connectivity index (χ3v) is 4.06. The number of rotatable bonds is 6. The Bertz CT molecular complexity index is 877. The quantitative estimate of drug-likeness (QED) is 0.793. The summed E-state index contributed by atoms with van der Waals surface area (Å²) in [6, 6.07) is 2.79. The van der Waals surface area contributed by atoms with Crippen LogP contribution in [0.3, 0.4) is 0 Å². The smallest absolute Gasteiger partial charge is 0.410 e. The monoisotopic (exact) mass is 408 g/mol. The second-order valence-corrected chi connectivity index (χ2v) is 7.59. The molecule has 0 saturated heterocycles. The highest BCUT2D eigenvalue weighted by Gasteiger charge is 2.25. The van der Waals surface area contributed by atoms with Crippen LogP contribution in [-0.2, 0) is 4.74 Å². The van der Waals surface area contributed by atoms with E-state index in [2.05, 4.69) is 10.4 Å².